The predicted molar refractivity (Wildman–Crippen MR) is 97.8 cm³/mol. The molecule has 0 fully saturated rings. The standard InChI is InChI=1S/C20H27N2/c1-7-21-14-22(6)13-16-12-19(20(3,4)5)18-11-9-8-10-17(18)15(16)2/h8-14H,7H2,1-6H3/q+1. The molecule has 0 bridgehead atoms. The summed E-state index contributed by atoms with van der Waals surface area (Å²) in [5, 5.41) is 2.69. The van der Waals surface area contributed by atoms with E-state index in [4.69, 9.17) is 0 Å². The van der Waals surface area contributed by atoms with Crippen LogP contribution in [0.25, 0.3) is 10.8 Å². The second kappa shape index (κ2) is 6.43. The minimum Gasteiger partial charge on any atom is -0.240 e. The predicted octanol–water partition coefficient (Wildman–Crippen LogP) is 4.56. The molecule has 116 valence electrons. The lowest BCUT2D eigenvalue weighted by molar-refractivity contribution is -0.354. The van der Waals surface area contributed by atoms with Crippen LogP contribution in [0.2, 0.25) is 0 Å². The number of aryl methyl sites for hydroxylation is 1. The Kier molecular flexibility index (Phi) is 4.80. The zero-order valence-corrected chi connectivity index (χ0v) is 14.6. The molecule has 0 atom stereocenters. The summed E-state index contributed by atoms with van der Waals surface area (Å²) in [4.78, 5) is 4.30. The Balaban J connectivity index is 2.71. The number of rotatable bonds is 3. The maximum absolute atomic E-state index is 4.30. The molecule has 0 N–H and O–H groups in total. The van der Waals surface area contributed by atoms with Crippen LogP contribution in [0.5, 0.6) is 0 Å². The number of fused-ring (bicyclic) bond motifs is 1. The summed E-state index contributed by atoms with van der Waals surface area (Å²) in [6.45, 7) is 11.9. The molecule has 0 spiro atoms. The van der Waals surface area contributed by atoms with Crippen molar-refractivity contribution in [3.05, 3.63) is 47.0 Å². The summed E-state index contributed by atoms with van der Waals surface area (Å²) >= 11 is 0. The number of aliphatic imine (C=N–C) groups is 1. The van der Waals surface area contributed by atoms with Crippen LogP contribution in [-0.4, -0.2) is 30.7 Å². The third kappa shape index (κ3) is 3.44. The van der Waals surface area contributed by atoms with Gasteiger partial charge in [0, 0.05) is 5.56 Å². The van der Waals surface area contributed by atoms with E-state index >= 15 is 0 Å². The third-order valence-electron chi connectivity index (χ3n) is 3.95. The number of benzene rings is 2. The van der Waals surface area contributed by atoms with Gasteiger partial charge in [-0.05, 0) is 47.2 Å². The Labute approximate surface area is 134 Å². The van der Waals surface area contributed by atoms with Crippen molar-refractivity contribution in [2.45, 2.75) is 40.0 Å². The molecule has 0 amide bonds. The van der Waals surface area contributed by atoms with Gasteiger partial charge in [-0.15, -0.1) is 0 Å². The fraction of sp³-hybridized carbons (Fsp3) is 0.400. The molecule has 0 radical (unpaired) electrons. The minimum atomic E-state index is 0.117. The molecule has 0 aromatic heterocycles. The summed E-state index contributed by atoms with van der Waals surface area (Å²) in [7, 11) is 2.03. The Hall–Kier alpha value is -1.96. The van der Waals surface area contributed by atoms with Gasteiger partial charge in [-0.25, -0.2) is 4.58 Å². The van der Waals surface area contributed by atoms with E-state index in [0.717, 1.165) is 6.54 Å². The highest BCUT2D eigenvalue weighted by atomic mass is 15.0. The smallest absolute Gasteiger partial charge is 0.240 e. The first-order valence-electron chi connectivity index (χ1n) is 7.94. The SMILES string of the molecule is CCN=C[N+](C)=Cc1cc(C(C)(C)C)c2ccccc2c1C. The largest absolute Gasteiger partial charge is 0.279 e. The van der Waals surface area contributed by atoms with E-state index in [2.05, 4.69) is 69.2 Å². The van der Waals surface area contributed by atoms with Gasteiger partial charge in [-0.3, -0.25) is 0 Å². The Morgan fingerprint density at radius 3 is 2.36 bits per heavy atom. The summed E-state index contributed by atoms with van der Waals surface area (Å²) in [6.07, 6.45) is 4.04. The number of hydrogen-bond donors (Lipinski definition) is 0. The van der Waals surface area contributed by atoms with Gasteiger partial charge in [-0.1, -0.05) is 50.0 Å². The highest BCUT2D eigenvalue weighted by molar-refractivity contribution is 5.96. The van der Waals surface area contributed by atoms with Gasteiger partial charge in [0.2, 0.25) is 0 Å². The maximum Gasteiger partial charge on any atom is 0.279 e. The van der Waals surface area contributed by atoms with Crippen LogP contribution in [-0.2, 0) is 5.41 Å². The van der Waals surface area contributed by atoms with Crippen molar-refractivity contribution in [3.8, 4) is 0 Å². The van der Waals surface area contributed by atoms with Gasteiger partial charge in [0.05, 0.1) is 13.3 Å². The summed E-state index contributed by atoms with van der Waals surface area (Å²) < 4.78 is 2.03. The zero-order chi connectivity index (χ0) is 16.3. The van der Waals surface area contributed by atoms with Crippen molar-refractivity contribution in [3.63, 3.8) is 0 Å². The molecule has 2 aromatic rings. The fourth-order valence-corrected chi connectivity index (χ4v) is 2.76. The van der Waals surface area contributed by atoms with E-state index < -0.39 is 0 Å². The number of nitrogens with zero attached hydrogens (tertiary/aromatic N) is 2. The third-order valence-corrected chi connectivity index (χ3v) is 3.95. The molecular formula is C20H27N2+. The monoisotopic (exact) mass is 295 g/mol. The molecule has 22 heavy (non-hydrogen) atoms. The van der Waals surface area contributed by atoms with Crippen LogP contribution in [0.1, 0.15) is 44.4 Å². The quantitative estimate of drug-likeness (QED) is 0.448. The van der Waals surface area contributed by atoms with Crippen molar-refractivity contribution >= 4 is 23.3 Å². The molecule has 2 nitrogen and oxygen atoms in total. The summed E-state index contributed by atoms with van der Waals surface area (Å²) in [5.74, 6) is 0. The van der Waals surface area contributed by atoms with Gasteiger partial charge in [-0.2, -0.15) is 0 Å². The average Bonchev–Trinajstić information content (AvgIpc) is 2.47. The van der Waals surface area contributed by atoms with Gasteiger partial charge in [0.25, 0.3) is 6.34 Å². The van der Waals surface area contributed by atoms with Crippen LogP contribution in [0, 0.1) is 6.92 Å². The molecule has 0 aliphatic rings. The van der Waals surface area contributed by atoms with Crippen LogP contribution < -0.4 is 0 Å². The average molecular weight is 295 g/mol. The molecule has 0 heterocycles. The topological polar surface area (TPSA) is 15.4 Å². The van der Waals surface area contributed by atoms with E-state index in [9.17, 15) is 0 Å². The number of hydrogen-bond acceptors (Lipinski definition) is 1. The molecular weight excluding hydrogens is 268 g/mol. The zero-order valence-electron chi connectivity index (χ0n) is 14.6. The van der Waals surface area contributed by atoms with Crippen LogP contribution in [0.3, 0.4) is 0 Å². The maximum atomic E-state index is 4.30. The summed E-state index contributed by atoms with van der Waals surface area (Å²) in [5.41, 5.74) is 4.08. The highest BCUT2D eigenvalue weighted by Gasteiger charge is 2.19. The van der Waals surface area contributed by atoms with E-state index in [1.54, 1.807) is 0 Å². The van der Waals surface area contributed by atoms with E-state index in [0.29, 0.717) is 0 Å². The van der Waals surface area contributed by atoms with Crippen LogP contribution in [0.4, 0.5) is 0 Å². The van der Waals surface area contributed by atoms with Gasteiger partial charge in [0.15, 0.2) is 0 Å². The summed E-state index contributed by atoms with van der Waals surface area (Å²) in [6, 6.07) is 11.0. The second-order valence-corrected chi connectivity index (χ2v) is 6.84. The normalized spacial score (nSPS) is 13.3. The molecule has 2 heteroatoms. The first kappa shape index (κ1) is 16.4. The first-order chi connectivity index (χ1) is 10.3. The Morgan fingerprint density at radius 1 is 1.14 bits per heavy atom. The van der Waals surface area contributed by atoms with Crippen molar-refractivity contribution < 1.29 is 4.58 Å². The lowest BCUT2D eigenvalue weighted by Crippen LogP contribution is -2.14. The van der Waals surface area contributed by atoms with E-state index in [-0.39, 0.29) is 5.41 Å². The minimum absolute atomic E-state index is 0.117. The van der Waals surface area contributed by atoms with E-state index in [1.807, 2.05) is 24.9 Å². The van der Waals surface area contributed by atoms with Gasteiger partial charge < -0.3 is 0 Å². The van der Waals surface area contributed by atoms with Crippen LogP contribution in [0.15, 0.2) is 35.3 Å². The van der Waals surface area contributed by atoms with Crippen molar-refractivity contribution in [1.29, 1.82) is 0 Å². The molecule has 2 rings (SSSR count). The lowest BCUT2D eigenvalue weighted by Gasteiger charge is -2.23. The van der Waals surface area contributed by atoms with Gasteiger partial charge >= 0.3 is 0 Å². The Morgan fingerprint density at radius 2 is 1.77 bits per heavy atom. The molecule has 0 aliphatic heterocycles. The molecule has 0 saturated heterocycles. The van der Waals surface area contributed by atoms with Crippen molar-refractivity contribution in [2.24, 2.45) is 4.99 Å². The van der Waals surface area contributed by atoms with Crippen molar-refractivity contribution in [1.82, 2.24) is 0 Å². The lowest BCUT2D eigenvalue weighted by atomic mass is 9.81. The second-order valence-electron chi connectivity index (χ2n) is 6.84. The molecule has 2 aromatic carbocycles. The molecule has 0 unspecified atom stereocenters. The first-order valence-corrected chi connectivity index (χ1v) is 7.94. The molecule has 0 saturated carbocycles. The van der Waals surface area contributed by atoms with Gasteiger partial charge in [0.1, 0.15) is 6.54 Å². The van der Waals surface area contributed by atoms with Crippen LogP contribution >= 0.6 is 0 Å². The van der Waals surface area contributed by atoms with E-state index in [1.165, 1.54) is 27.5 Å². The highest BCUT2D eigenvalue weighted by Crippen LogP contribution is 2.33. The fourth-order valence-electron chi connectivity index (χ4n) is 2.76. The Bertz CT molecular complexity index is 731. The van der Waals surface area contributed by atoms with Crippen molar-refractivity contribution in [2.75, 3.05) is 13.6 Å². The molecule has 0 aliphatic carbocycles.